The fourth-order valence-electron chi connectivity index (χ4n) is 2.47. The van der Waals surface area contributed by atoms with Crippen LogP contribution in [0.3, 0.4) is 0 Å². The largest absolute Gasteiger partial charge is 0.388 e. The highest BCUT2D eigenvalue weighted by Crippen LogP contribution is 2.22. The van der Waals surface area contributed by atoms with E-state index in [9.17, 15) is 9.90 Å². The van der Waals surface area contributed by atoms with Crippen molar-refractivity contribution in [2.45, 2.75) is 50.7 Å². The SMILES string of the molecule is CC1(O)CCN(C(=O)CCC2CCCO2)C1. The molecule has 1 amide bonds. The summed E-state index contributed by atoms with van der Waals surface area (Å²) >= 11 is 0. The minimum atomic E-state index is -0.681. The topological polar surface area (TPSA) is 49.8 Å². The van der Waals surface area contributed by atoms with Crippen LogP contribution in [0.4, 0.5) is 0 Å². The Kier molecular flexibility index (Phi) is 3.50. The van der Waals surface area contributed by atoms with Gasteiger partial charge in [0.25, 0.3) is 0 Å². The Hall–Kier alpha value is -0.610. The number of ether oxygens (including phenoxy) is 1. The first-order valence-corrected chi connectivity index (χ1v) is 6.19. The number of hydrogen-bond acceptors (Lipinski definition) is 3. The molecule has 0 radical (unpaired) electrons. The van der Waals surface area contributed by atoms with Crippen LogP contribution in [0.25, 0.3) is 0 Å². The summed E-state index contributed by atoms with van der Waals surface area (Å²) in [5, 5.41) is 9.77. The number of aliphatic hydroxyl groups is 1. The fourth-order valence-corrected chi connectivity index (χ4v) is 2.47. The highest BCUT2D eigenvalue weighted by atomic mass is 16.5. The third-order valence-corrected chi connectivity index (χ3v) is 3.51. The average Bonchev–Trinajstić information content (AvgIpc) is 2.83. The van der Waals surface area contributed by atoms with Gasteiger partial charge in [-0.05, 0) is 32.6 Å². The number of likely N-dealkylation sites (tertiary alicyclic amines) is 1. The van der Waals surface area contributed by atoms with Crippen LogP contribution >= 0.6 is 0 Å². The second-order valence-corrected chi connectivity index (χ2v) is 5.24. The molecule has 16 heavy (non-hydrogen) atoms. The van der Waals surface area contributed by atoms with Crippen molar-refractivity contribution in [3.8, 4) is 0 Å². The molecule has 0 spiro atoms. The maximum Gasteiger partial charge on any atom is 0.222 e. The molecule has 0 aromatic carbocycles. The van der Waals surface area contributed by atoms with E-state index in [1.54, 1.807) is 11.8 Å². The van der Waals surface area contributed by atoms with Gasteiger partial charge < -0.3 is 14.7 Å². The number of rotatable bonds is 3. The third-order valence-electron chi connectivity index (χ3n) is 3.51. The molecule has 4 nitrogen and oxygen atoms in total. The first-order chi connectivity index (χ1) is 7.57. The lowest BCUT2D eigenvalue weighted by Gasteiger charge is -2.19. The molecule has 2 saturated heterocycles. The van der Waals surface area contributed by atoms with Crippen LogP contribution in [0.5, 0.6) is 0 Å². The highest BCUT2D eigenvalue weighted by molar-refractivity contribution is 5.76. The number of β-amino-alcohol motifs (C(OH)–C–C–N with tert-alkyl or cyclic N) is 1. The van der Waals surface area contributed by atoms with Crippen molar-refractivity contribution in [1.29, 1.82) is 0 Å². The Morgan fingerprint density at radius 1 is 1.62 bits per heavy atom. The normalized spacial score (nSPS) is 34.6. The predicted molar refractivity (Wildman–Crippen MR) is 60.0 cm³/mol. The predicted octanol–water partition coefficient (Wildman–Crippen LogP) is 0.929. The van der Waals surface area contributed by atoms with Crippen LogP contribution in [-0.2, 0) is 9.53 Å². The summed E-state index contributed by atoms with van der Waals surface area (Å²) in [6, 6.07) is 0. The summed E-state index contributed by atoms with van der Waals surface area (Å²) in [6.45, 7) is 3.81. The molecule has 4 heteroatoms. The van der Waals surface area contributed by atoms with Crippen molar-refractivity contribution in [1.82, 2.24) is 4.90 Å². The van der Waals surface area contributed by atoms with Crippen molar-refractivity contribution < 1.29 is 14.6 Å². The van der Waals surface area contributed by atoms with E-state index in [0.717, 1.165) is 25.9 Å². The van der Waals surface area contributed by atoms with Gasteiger partial charge in [0.15, 0.2) is 0 Å². The third kappa shape index (κ3) is 2.95. The lowest BCUT2D eigenvalue weighted by Crippen LogP contribution is -2.34. The molecule has 1 N–H and O–H groups in total. The summed E-state index contributed by atoms with van der Waals surface area (Å²) < 4.78 is 5.49. The number of hydrogen-bond donors (Lipinski definition) is 1. The molecule has 2 unspecified atom stereocenters. The zero-order valence-corrected chi connectivity index (χ0v) is 9.95. The summed E-state index contributed by atoms with van der Waals surface area (Å²) in [4.78, 5) is 13.6. The number of carbonyl (C=O) groups excluding carboxylic acids is 1. The molecule has 2 fully saturated rings. The van der Waals surface area contributed by atoms with Gasteiger partial charge in [-0.25, -0.2) is 0 Å². The molecule has 92 valence electrons. The van der Waals surface area contributed by atoms with Crippen LogP contribution in [0, 0.1) is 0 Å². The van der Waals surface area contributed by atoms with Crippen LogP contribution in [-0.4, -0.2) is 47.3 Å². The van der Waals surface area contributed by atoms with Crippen molar-refractivity contribution in [3.63, 3.8) is 0 Å². The summed E-state index contributed by atoms with van der Waals surface area (Å²) in [5.74, 6) is 0.160. The average molecular weight is 227 g/mol. The van der Waals surface area contributed by atoms with Gasteiger partial charge in [-0.3, -0.25) is 4.79 Å². The van der Waals surface area contributed by atoms with Gasteiger partial charge in [0, 0.05) is 26.1 Å². The Bertz CT molecular complexity index is 259. The maximum atomic E-state index is 11.8. The van der Waals surface area contributed by atoms with Crippen molar-refractivity contribution in [2.24, 2.45) is 0 Å². The second kappa shape index (κ2) is 4.72. The van der Waals surface area contributed by atoms with Gasteiger partial charge in [0.2, 0.25) is 5.91 Å². The van der Waals surface area contributed by atoms with Crippen LogP contribution < -0.4 is 0 Å². The first kappa shape index (κ1) is 11.9. The minimum Gasteiger partial charge on any atom is -0.388 e. The van der Waals surface area contributed by atoms with E-state index in [2.05, 4.69) is 0 Å². The molecule has 0 aromatic heterocycles. The van der Waals surface area contributed by atoms with Gasteiger partial charge in [0.1, 0.15) is 0 Å². The van der Waals surface area contributed by atoms with Crippen LogP contribution in [0.2, 0.25) is 0 Å². The van der Waals surface area contributed by atoms with Gasteiger partial charge in [-0.2, -0.15) is 0 Å². The van der Waals surface area contributed by atoms with E-state index >= 15 is 0 Å². The standard InChI is InChI=1S/C12H21NO3/c1-12(15)6-7-13(9-12)11(14)5-4-10-3-2-8-16-10/h10,15H,2-9H2,1H3. The lowest BCUT2D eigenvalue weighted by atomic mass is 10.1. The van der Waals surface area contributed by atoms with Crippen LogP contribution in [0.1, 0.15) is 39.0 Å². The molecule has 0 aliphatic carbocycles. The Labute approximate surface area is 96.6 Å². The molecular weight excluding hydrogens is 206 g/mol. The zero-order chi connectivity index (χ0) is 11.6. The Balaban J connectivity index is 1.71. The molecule has 2 aliphatic heterocycles. The molecule has 2 aliphatic rings. The summed E-state index contributed by atoms with van der Waals surface area (Å²) in [6.07, 6.45) is 4.58. The van der Waals surface area contributed by atoms with E-state index < -0.39 is 5.60 Å². The molecular formula is C12H21NO3. The molecule has 0 bridgehead atoms. The van der Waals surface area contributed by atoms with Crippen LogP contribution in [0.15, 0.2) is 0 Å². The van der Waals surface area contributed by atoms with Gasteiger partial charge in [-0.1, -0.05) is 0 Å². The zero-order valence-electron chi connectivity index (χ0n) is 9.95. The summed E-state index contributed by atoms with van der Waals surface area (Å²) in [5.41, 5.74) is -0.681. The monoisotopic (exact) mass is 227 g/mol. The molecule has 2 rings (SSSR count). The van der Waals surface area contributed by atoms with Crippen molar-refractivity contribution >= 4 is 5.91 Å². The smallest absolute Gasteiger partial charge is 0.222 e. The van der Waals surface area contributed by atoms with Crippen molar-refractivity contribution in [2.75, 3.05) is 19.7 Å². The first-order valence-electron chi connectivity index (χ1n) is 6.19. The molecule has 0 saturated carbocycles. The lowest BCUT2D eigenvalue weighted by molar-refractivity contribution is -0.131. The number of nitrogens with zero attached hydrogens (tertiary/aromatic N) is 1. The molecule has 0 aromatic rings. The molecule has 2 heterocycles. The van der Waals surface area contributed by atoms with E-state index in [-0.39, 0.29) is 12.0 Å². The second-order valence-electron chi connectivity index (χ2n) is 5.24. The quantitative estimate of drug-likeness (QED) is 0.780. The van der Waals surface area contributed by atoms with Crippen molar-refractivity contribution in [3.05, 3.63) is 0 Å². The van der Waals surface area contributed by atoms with E-state index in [1.165, 1.54) is 0 Å². The highest BCUT2D eigenvalue weighted by Gasteiger charge is 2.33. The number of amides is 1. The molecule has 2 atom stereocenters. The Morgan fingerprint density at radius 3 is 3.00 bits per heavy atom. The Morgan fingerprint density at radius 2 is 2.44 bits per heavy atom. The van der Waals surface area contributed by atoms with Gasteiger partial charge in [0.05, 0.1) is 11.7 Å². The van der Waals surface area contributed by atoms with Gasteiger partial charge in [-0.15, -0.1) is 0 Å². The van der Waals surface area contributed by atoms with E-state index in [4.69, 9.17) is 4.74 Å². The minimum absolute atomic E-state index is 0.160. The van der Waals surface area contributed by atoms with Gasteiger partial charge >= 0.3 is 0 Å². The number of carbonyl (C=O) groups is 1. The van der Waals surface area contributed by atoms with E-state index in [1.807, 2.05) is 0 Å². The maximum absolute atomic E-state index is 11.8. The summed E-state index contributed by atoms with van der Waals surface area (Å²) in [7, 11) is 0. The fraction of sp³-hybridized carbons (Fsp3) is 0.917. The van der Waals surface area contributed by atoms with E-state index in [0.29, 0.717) is 25.9 Å².